The molecular weight excluding hydrogens is 656 g/mol. The lowest BCUT2D eigenvalue weighted by molar-refractivity contribution is -0.151. The number of aryl methyl sites for hydroxylation is 2. The first-order valence-corrected chi connectivity index (χ1v) is 18.1. The van der Waals surface area contributed by atoms with E-state index in [1.807, 2.05) is 19.1 Å². The van der Waals surface area contributed by atoms with E-state index in [0.717, 1.165) is 36.9 Å². The predicted octanol–water partition coefficient (Wildman–Crippen LogP) is 10.8. The first-order valence-electron chi connectivity index (χ1n) is 18.1. The lowest BCUT2D eigenvalue weighted by Gasteiger charge is -2.21. The van der Waals surface area contributed by atoms with Gasteiger partial charge in [-0.1, -0.05) is 53.2 Å². The van der Waals surface area contributed by atoms with Crippen molar-refractivity contribution in [1.82, 2.24) is 0 Å². The Labute approximate surface area is 307 Å². The van der Waals surface area contributed by atoms with E-state index in [2.05, 4.69) is 57.0 Å². The first-order chi connectivity index (χ1) is 25.0. The van der Waals surface area contributed by atoms with Gasteiger partial charge < -0.3 is 18.9 Å². The van der Waals surface area contributed by atoms with Crippen LogP contribution in [0.1, 0.15) is 92.1 Å². The summed E-state index contributed by atoms with van der Waals surface area (Å²) in [5.41, 5.74) is 4.08. The predicted molar refractivity (Wildman–Crippen MR) is 202 cm³/mol. The third-order valence-electron chi connectivity index (χ3n) is 8.39. The van der Waals surface area contributed by atoms with Crippen molar-refractivity contribution in [2.24, 2.45) is 28.0 Å². The Morgan fingerprint density at radius 3 is 1.85 bits per heavy atom. The molecule has 0 heterocycles. The molecule has 52 heavy (non-hydrogen) atoms. The van der Waals surface area contributed by atoms with Crippen LogP contribution in [-0.4, -0.2) is 31.1 Å². The highest BCUT2D eigenvalue weighted by molar-refractivity contribution is 5.93. The third-order valence-corrected chi connectivity index (χ3v) is 8.39. The molecule has 9 heteroatoms. The highest BCUT2D eigenvalue weighted by Crippen LogP contribution is 2.27. The van der Waals surface area contributed by atoms with Crippen LogP contribution >= 0.6 is 0 Å². The minimum atomic E-state index is -0.541. The van der Waals surface area contributed by atoms with Gasteiger partial charge in [-0.2, -0.15) is 10.2 Å². The zero-order chi connectivity index (χ0) is 37.5. The number of nitrogens with zero attached hydrogens (tertiary/aromatic N) is 2. The fourth-order valence-corrected chi connectivity index (χ4v) is 5.44. The lowest BCUT2D eigenvalue weighted by atomic mass is 9.88. The summed E-state index contributed by atoms with van der Waals surface area (Å²) in [7, 11) is 0. The van der Waals surface area contributed by atoms with Gasteiger partial charge in [0.2, 0.25) is 0 Å². The molecule has 0 saturated carbocycles. The Balaban J connectivity index is 1.19. The third kappa shape index (κ3) is 12.5. The van der Waals surface area contributed by atoms with E-state index in [1.54, 1.807) is 66.7 Å². The van der Waals surface area contributed by atoms with Crippen molar-refractivity contribution in [1.29, 1.82) is 0 Å². The summed E-state index contributed by atoms with van der Waals surface area (Å²) in [6.45, 7) is 13.1. The van der Waals surface area contributed by atoms with Crippen molar-refractivity contribution in [3.8, 4) is 17.2 Å². The molecule has 0 N–H and O–H groups in total. The molecule has 0 amide bonds. The van der Waals surface area contributed by atoms with Crippen molar-refractivity contribution < 1.29 is 33.3 Å². The van der Waals surface area contributed by atoms with Gasteiger partial charge in [0.1, 0.15) is 17.2 Å². The van der Waals surface area contributed by atoms with Crippen molar-refractivity contribution in [3.63, 3.8) is 0 Å². The van der Waals surface area contributed by atoms with Gasteiger partial charge in [0.15, 0.2) is 0 Å². The van der Waals surface area contributed by atoms with E-state index < -0.39 is 11.9 Å². The monoisotopic (exact) mass is 706 g/mol. The molecule has 1 unspecified atom stereocenters. The highest BCUT2D eigenvalue weighted by Gasteiger charge is 2.24. The van der Waals surface area contributed by atoms with Gasteiger partial charge in [-0.3, -0.25) is 4.79 Å². The largest absolute Gasteiger partial charge is 0.494 e. The number of hydrogen-bond donors (Lipinski definition) is 0. The standard InChI is InChI=1S/C43H50N2O7/c1-7-10-32-11-17-35(18-12-32)44-45-36-19-24-40(31(6)28-36)52-42(47)34-15-22-38(23-16-34)51-41(46)33-13-20-37(21-14-33)49-25-8-9-26-50-43(48)39(30(4)5)27-29(2)3/h11-24,28-30,39H,7-10,25-27H2,1-6H3/b45-44+. The molecule has 0 spiro atoms. The Morgan fingerprint density at radius 2 is 1.25 bits per heavy atom. The van der Waals surface area contributed by atoms with Crippen molar-refractivity contribution in [3.05, 3.63) is 113 Å². The van der Waals surface area contributed by atoms with E-state index in [4.69, 9.17) is 18.9 Å². The van der Waals surface area contributed by atoms with Gasteiger partial charge in [0, 0.05) is 0 Å². The van der Waals surface area contributed by atoms with Crippen LogP contribution in [-0.2, 0) is 16.0 Å². The van der Waals surface area contributed by atoms with Crippen molar-refractivity contribution in [2.75, 3.05) is 13.2 Å². The molecule has 4 aromatic rings. The number of azo groups is 1. The second-order valence-electron chi connectivity index (χ2n) is 13.6. The average molecular weight is 707 g/mol. The number of ether oxygens (including phenoxy) is 4. The zero-order valence-corrected chi connectivity index (χ0v) is 31.1. The number of carbonyl (C=O) groups is 3. The topological polar surface area (TPSA) is 113 Å². The fourth-order valence-electron chi connectivity index (χ4n) is 5.44. The molecule has 0 aromatic heterocycles. The Morgan fingerprint density at radius 1 is 0.673 bits per heavy atom. The van der Waals surface area contributed by atoms with Crippen LogP contribution < -0.4 is 14.2 Å². The number of unbranched alkanes of at least 4 members (excludes halogenated alkanes) is 1. The first kappa shape index (κ1) is 39.5. The van der Waals surface area contributed by atoms with E-state index in [-0.39, 0.29) is 23.6 Å². The summed E-state index contributed by atoms with van der Waals surface area (Å²) >= 11 is 0. The van der Waals surface area contributed by atoms with Crippen LogP contribution in [0.2, 0.25) is 0 Å². The van der Waals surface area contributed by atoms with Gasteiger partial charge in [0.25, 0.3) is 0 Å². The van der Waals surface area contributed by atoms with E-state index in [0.29, 0.717) is 53.9 Å². The molecule has 274 valence electrons. The molecule has 9 nitrogen and oxygen atoms in total. The van der Waals surface area contributed by atoms with Crippen LogP contribution in [0.5, 0.6) is 17.2 Å². The number of benzene rings is 4. The Hall–Kier alpha value is -5.31. The second kappa shape index (κ2) is 19.9. The molecule has 4 rings (SSSR count). The number of carbonyl (C=O) groups excluding carboxylic acids is 3. The second-order valence-corrected chi connectivity index (χ2v) is 13.6. The summed E-state index contributed by atoms with van der Waals surface area (Å²) in [5.74, 6) is 0.733. The van der Waals surface area contributed by atoms with Crippen LogP contribution in [0.4, 0.5) is 11.4 Å². The minimum absolute atomic E-state index is 0.0754. The maximum Gasteiger partial charge on any atom is 0.343 e. The SMILES string of the molecule is CCCc1ccc(/N=N/c2ccc(OC(=O)c3ccc(OC(=O)c4ccc(OCCCCOC(=O)C(CC(C)C)C(C)C)cc4)cc3)c(C)c2)cc1. The fraction of sp³-hybridized carbons (Fsp3) is 0.372. The quantitative estimate of drug-likeness (QED) is 0.0438. The Kier molecular flexibility index (Phi) is 15.1. The van der Waals surface area contributed by atoms with Gasteiger partial charge in [-0.05, 0) is 134 Å². The van der Waals surface area contributed by atoms with Gasteiger partial charge in [0.05, 0.1) is 41.6 Å². The molecule has 0 saturated heterocycles. The molecule has 1 atom stereocenters. The van der Waals surface area contributed by atoms with Gasteiger partial charge >= 0.3 is 17.9 Å². The van der Waals surface area contributed by atoms with Gasteiger partial charge in [-0.25, -0.2) is 9.59 Å². The maximum atomic E-state index is 12.9. The number of esters is 3. The molecule has 0 fully saturated rings. The summed E-state index contributed by atoms with van der Waals surface area (Å²) in [6.07, 6.45) is 4.38. The molecule has 0 bridgehead atoms. The van der Waals surface area contributed by atoms with Crippen LogP contribution in [0.25, 0.3) is 0 Å². The summed E-state index contributed by atoms with van der Waals surface area (Å²) < 4.78 is 22.4. The Bertz CT molecular complexity index is 1780. The van der Waals surface area contributed by atoms with Crippen LogP contribution in [0.15, 0.2) is 101 Å². The number of rotatable bonds is 18. The van der Waals surface area contributed by atoms with Crippen LogP contribution in [0, 0.1) is 24.7 Å². The number of hydrogen-bond acceptors (Lipinski definition) is 9. The molecule has 4 aromatic carbocycles. The average Bonchev–Trinajstić information content (AvgIpc) is 3.13. The smallest absolute Gasteiger partial charge is 0.343 e. The van der Waals surface area contributed by atoms with Crippen molar-refractivity contribution >= 4 is 29.3 Å². The molecule has 0 radical (unpaired) electrons. The summed E-state index contributed by atoms with van der Waals surface area (Å²) in [6, 6.07) is 26.1. The van der Waals surface area contributed by atoms with E-state index in [1.165, 1.54) is 5.56 Å². The normalized spacial score (nSPS) is 11.8. The summed E-state index contributed by atoms with van der Waals surface area (Å²) in [4.78, 5) is 38.0. The van der Waals surface area contributed by atoms with E-state index >= 15 is 0 Å². The van der Waals surface area contributed by atoms with E-state index in [9.17, 15) is 14.4 Å². The molecule has 0 aliphatic rings. The molecule has 0 aliphatic carbocycles. The van der Waals surface area contributed by atoms with Gasteiger partial charge in [-0.15, -0.1) is 0 Å². The minimum Gasteiger partial charge on any atom is -0.494 e. The zero-order valence-electron chi connectivity index (χ0n) is 31.1. The summed E-state index contributed by atoms with van der Waals surface area (Å²) in [5, 5.41) is 8.62. The van der Waals surface area contributed by atoms with Crippen molar-refractivity contribution in [2.45, 2.75) is 73.6 Å². The molecule has 0 aliphatic heterocycles. The van der Waals surface area contributed by atoms with Crippen LogP contribution in [0.3, 0.4) is 0 Å². The molecular formula is C43H50N2O7. The lowest BCUT2D eigenvalue weighted by Crippen LogP contribution is -2.24. The highest BCUT2D eigenvalue weighted by atomic mass is 16.5. The maximum absolute atomic E-state index is 12.9.